The highest BCUT2D eigenvalue weighted by Gasteiger charge is 2.14. The molecule has 0 bridgehead atoms. The van der Waals surface area contributed by atoms with Crippen LogP contribution in [-0.4, -0.2) is 29.6 Å². The van der Waals surface area contributed by atoms with Crippen molar-refractivity contribution in [2.75, 3.05) is 30.7 Å². The number of aromatic nitrogens is 2. The second-order valence-corrected chi connectivity index (χ2v) is 7.49. The lowest BCUT2D eigenvalue weighted by Crippen LogP contribution is -2.31. The Labute approximate surface area is 155 Å². The average Bonchev–Trinajstić information content (AvgIpc) is 2.60. The number of halogens is 2. The van der Waals surface area contributed by atoms with Crippen molar-refractivity contribution in [2.24, 2.45) is 5.92 Å². The quantitative estimate of drug-likeness (QED) is 0.725. The van der Waals surface area contributed by atoms with E-state index in [-0.39, 0.29) is 0 Å². The Kier molecular flexibility index (Phi) is 6.05. The van der Waals surface area contributed by atoms with Gasteiger partial charge in [0.2, 0.25) is 0 Å². The number of hydrogen-bond acceptors (Lipinski definition) is 6. The van der Waals surface area contributed by atoms with Gasteiger partial charge in [-0.1, -0.05) is 41.0 Å². The van der Waals surface area contributed by atoms with Crippen molar-refractivity contribution in [3.8, 4) is 0 Å². The van der Waals surface area contributed by atoms with E-state index in [1.165, 1.54) is 24.6 Å². The summed E-state index contributed by atoms with van der Waals surface area (Å²) in [5.41, 5.74) is 6.05. The number of nitrogens with zero attached hydrogens (tertiary/aromatic N) is 2. The molecule has 1 aromatic heterocycles. The van der Waals surface area contributed by atoms with Crippen molar-refractivity contribution in [2.45, 2.75) is 22.8 Å². The molecule has 2 aromatic rings. The summed E-state index contributed by atoms with van der Waals surface area (Å²) in [5.74, 6) is 1.74. The van der Waals surface area contributed by atoms with Crippen molar-refractivity contribution in [1.29, 1.82) is 0 Å². The lowest BCUT2D eigenvalue weighted by atomic mass is 9.98. The molecule has 3 rings (SSSR count). The zero-order chi connectivity index (χ0) is 16.9. The zero-order valence-electron chi connectivity index (χ0n) is 13.1. The molecule has 0 atom stereocenters. The summed E-state index contributed by atoms with van der Waals surface area (Å²) in [5, 5.41) is 8.31. The van der Waals surface area contributed by atoms with Crippen LogP contribution in [0.2, 0.25) is 10.0 Å². The van der Waals surface area contributed by atoms with Gasteiger partial charge in [-0.15, -0.1) is 0 Å². The van der Waals surface area contributed by atoms with E-state index in [0.717, 1.165) is 24.5 Å². The highest BCUT2D eigenvalue weighted by molar-refractivity contribution is 7.99. The highest BCUT2D eigenvalue weighted by atomic mass is 35.5. The molecule has 0 amide bonds. The predicted molar refractivity (Wildman–Crippen MR) is 101 cm³/mol. The van der Waals surface area contributed by atoms with Crippen LogP contribution in [-0.2, 0) is 0 Å². The smallest absolute Gasteiger partial charge is 0.158 e. The normalized spacial score (nSPS) is 15.4. The van der Waals surface area contributed by atoms with E-state index in [4.69, 9.17) is 28.9 Å². The van der Waals surface area contributed by atoms with Crippen molar-refractivity contribution in [3.05, 3.63) is 34.4 Å². The first-order valence-corrected chi connectivity index (χ1v) is 9.39. The van der Waals surface area contributed by atoms with Gasteiger partial charge in [0, 0.05) is 11.4 Å². The fraction of sp³-hybridized carbons (Fsp3) is 0.375. The number of piperidine rings is 1. The summed E-state index contributed by atoms with van der Waals surface area (Å²) < 4.78 is 0. The Morgan fingerprint density at radius 2 is 2.08 bits per heavy atom. The first-order valence-electron chi connectivity index (χ1n) is 7.82. The molecule has 0 unspecified atom stereocenters. The molecule has 0 saturated carbocycles. The van der Waals surface area contributed by atoms with Gasteiger partial charge in [0.05, 0.1) is 16.2 Å². The minimum atomic E-state index is 0.381. The minimum absolute atomic E-state index is 0.381. The fourth-order valence-electron chi connectivity index (χ4n) is 2.56. The number of anilines is 2. The number of rotatable bonds is 5. The number of nitrogens with one attached hydrogen (secondary N) is 2. The first-order chi connectivity index (χ1) is 11.6. The van der Waals surface area contributed by atoms with Crippen molar-refractivity contribution in [3.63, 3.8) is 0 Å². The van der Waals surface area contributed by atoms with Crippen LogP contribution in [0.4, 0.5) is 11.6 Å². The van der Waals surface area contributed by atoms with Crippen LogP contribution in [0.15, 0.2) is 34.3 Å². The van der Waals surface area contributed by atoms with Gasteiger partial charge in [0.15, 0.2) is 5.82 Å². The second kappa shape index (κ2) is 8.25. The largest absolute Gasteiger partial charge is 0.381 e. The van der Waals surface area contributed by atoms with E-state index < -0.39 is 0 Å². The third-order valence-electron chi connectivity index (χ3n) is 3.92. The molecule has 1 fully saturated rings. The summed E-state index contributed by atoms with van der Waals surface area (Å²) in [4.78, 5) is 9.61. The second-order valence-electron chi connectivity index (χ2n) is 5.67. The molecule has 5 nitrogen and oxygen atoms in total. The molecule has 2 heterocycles. The van der Waals surface area contributed by atoms with Gasteiger partial charge in [-0.05, 0) is 44.0 Å². The lowest BCUT2D eigenvalue weighted by Gasteiger charge is -2.22. The maximum Gasteiger partial charge on any atom is 0.158 e. The number of nitrogens with two attached hydrogens (primary N) is 1. The molecule has 128 valence electrons. The molecule has 0 spiro atoms. The molecule has 1 aliphatic rings. The Balaban J connectivity index is 1.64. The Hall–Kier alpha value is -1.21. The van der Waals surface area contributed by atoms with Crippen LogP contribution in [0.1, 0.15) is 12.8 Å². The summed E-state index contributed by atoms with van der Waals surface area (Å²) in [6.07, 6.45) is 4.06. The van der Waals surface area contributed by atoms with Crippen LogP contribution < -0.4 is 16.4 Å². The van der Waals surface area contributed by atoms with E-state index >= 15 is 0 Å². The Morgan fingerprint density at radius 1 is 1.29 bits per heavy atom. The standard InChI is InChI=1S/C16H19Cl2N5S/c17-11-2-1-3-12(14(11)18)24-16-15(19)23-13(9-22-16)21-8-10-4-6-20-7-5-10/h1-3,9-10,20H,4-8H2,(H3,19,21,23). The average molecular weight is 384 g/mol. The van der Waals surface area contributed by atoms with E-state index in [1.807, 2.05) is 12.1 Å². The molecular weight excluding hydrogens is 365 g/mol. The van der Waals surface area contributed by atoms with Crippen LogP contribution in [0, 0.1) is 5.92 Å². The van der Waals surface area contributed by atoms with E-state index in [9.17, 15) is 0 Å². The van der Waals surface area contributed by atoms with Gasteiger partial charge in [-0.2, -0.15) is 0 Å². The van der Waals surface area contributed by atoms with Gasteiger partial charge >= 0.3 is 0 Å². The highest BCUT2D eigenvalue weighted by Crippen LogP contribution is 2.37. The monoisotopic (exact) mass is 383 g/mol. The fourth-order valence-corrected chi connectivity index (χ4v) is 3.84. The van der Waals surface area contributed by atoms with E-state index in [0.29, 0.717) is 32.6 Å². The summed E-state index contributed by atoms with van der Waals surface area (Å²) in [6.45, 7) is 3.05. The molecule has 0 radical (unpaired) electrons. The summed E-state index contributed by atoms with van der Waals surface area (Å²) in [6, 6.07) is 5.47. The van der Waals surface area contributed by atoms with Crippen LogP contribution in [0.25, 0.3) is 0 Å². The van der Waals surface area contributed by atoms with E-state index in [2.05, 4.69) is 20.6 Å². The minimum Gasteiger partial charge on any atom is -0.381 e. The molecule has 24 heavy (non-hydrogen) atoms. The summed E-state index contributed by atoms with van der Waals surface area (Å²) in [7, 11) is 0. The molecular formula is C16H19Cl2N5S. The Bertz CT molecular complexity index is 707. The third-order valence-corrected chi connectivity index (χ3v) is 5.92. The third kappa shape index (κ3) is 4.45. The van der Waals surface area contributed by atoms with Crippen molar-refractivity contribution in [1.82, 2.24) is 15.3 Å². The van der Waals surface area contributed by atoms with Gasteiger partial charge in [-0.3, -0.25) is 0 Å². The maximum absolute atomic E-state index is 6.20. The van der Waals surface area contributed by atoms with E-state index in [1.54, 1.807) is 12.3 Å². The van der Waals surface area contributed by atoms with Crippen LogP contribution >= 0.6 is 35.0 Å². The number of hydrogen-bond donors (Lipinski definition) is 3. The lowest BCUT2D eigenvalue weighted by molar-refractivity contribution is 0.389. The molecule has 4 N–H and O–H groups in total. The van der Waals surface area contributed by atoms with Gasteiger partial charge in [0.25, 0.3) is 0 Å². The maximum atomic E-state index is 6.20. The SMILES string of the molecule is Nc1nc(NCC2CCNCC2)cnc1Sc1cccc(Cl)c1Cl. The molecule has 1 aliphatic heterocycles. The number of benzene rings is 1. The van der Waals surface area contributed by atoms with Crippen LogP contribution in [0.5, 0.6) is 0 Å². The first kappa shape index (κ1) is 17.6. The molecule has 1 saturated heterocycles. The van der Waals surface area contributed by atoms with Gasteiger partial charge < -0.3 is 16.4 Å². The van der Waals surface area contributed by atoms with Crippen LogP contribution in [0.3, 0.4) is 0 Å². The molecule has 0 aliphatic carbocycles. The van der Waals surface area contributed by atoms with Crippen molar-refractivity contribution < 1.29 is 0 Å². The summed E-state index contributed by atoms with van der Waals surface area (Å²) >= 11 is 13.6. The molecule has 1 aromatic carbocycles. The van der Waals surface area contributed by atoms with Gasteiger partial charge in [0.1, 0.15) is 10.8 Å². The number of nitrogen functional groups attached to an aromatic ring is 1. The topological polar surface area (TPSA) is 75.9 Å². The predicted octanol–water partition coefficient (Wildman–Crippen LogP) is 3.93. The molecule has 8 heteroatoms. The van der Waals surface area contributed by atoms with Crippen molar-refractivity contribution >= 4 is 46.6 Å². The zero-order valence-corrected chi connectivity index (χ0v) is 15.4. The van der Waals surface area contributed by atoms with Gasteiger partial charge in [-0.25, -0.2) is 9.97 Å². The Morgan fingerprint density at radius 3 is 2.83 bits per heavy atom.